The molecule has 0 saturated heterocycles. The highest BCUT2D eigenvalue weighted by atomic mass is 35.5. The van der Waals surface area contributed by atoms with Crippen LogP contribution in [0.1, 0.15) is 27.2 Å². The zero-order valence-electron chi connectivity index (χ0n) is 16.9. The van der Waals surface area contributed by atoms with Crippen molar-refractivity contribution in [3.63, 3.8) is 0 Å². The Morgan fingerprint density at radius 3 is 2.78 bits per heavy atom. The minimum Gasteiger partial charge on any atom is -0.404 e. The number of hydrogen-bond acceptors (Lipinski definition) is 6. The number of aliphatic hydroxyl groups excluding tert-OH is 1. The van der Waals surface area contributed by atoms with Crippen molar-refractivity contribution < 1.29 is 32.5 Å². The normalized spacial score (nSPS) is 11.7. The predicted octanol–water partition coefficient (Wildman–Crippen LogP) is 2.92. The average molecular weight is 473 g/mol. The van der Waals surface area contributed by atoms with Gasteiger partial charge in [0.1, 0.15) is 11.3 Å². The van der Waals surface area contributed by atoms with E-state index in [2.05, 4.69) is 20.1 Å². The summed E-state index contributed by atoms with van der Waals surface area (Å²) < 4.78 is 48.3. The number of carbonyl (C=O) groups excluding carboxylic acids is 1. The number of aryl methyl sites for hydroxylation is 1. The number of nitrogens with zero attached hydrogens (tertiary/aromatic N) is 3. The lowest BCUT2D eigenvalue weighted by Crippen LogP contribution is -2.27. The number of aliphatic hydroxyl groups is 1. The third-order valence-corrected chi connectivity index (χ3v) is 4.81. The van der Waals surface area contributed by atoms with Crippen molar-refractivity contribution in [3.05, 3.63) is 58.0 Å². The lowest BCUT2D eigenvalue weighted by molar-refractivity contribution is -0.274. The van der Waals surface area contributed by atoms with Gasteiger partial charge in [-0.1, -0.05) is 17.7 Å². The molecule has 0 aliphatic rings. The van der Waals surface area contributed by atoms with Gasteiger partial charge in [0.2, 0.25) is 0 Å². The zero-order chi connectivity index (χ0) is 23.3. The van der Waals surface area contributed by atoms with Gasteiger partial charge < -0.3 is 19.9 Å². The van der Waals surface area contributed by atoms with E-state index >= 15 is 0 Å². The first kappa shape index (κ1) is 23.8. The van der Waals surface area contributed by atoms with Crippen molar-refractivity contribution in [1.29, 1.82) is 0 Å². The molecule has 2 heterocycles. The van der Waals surface area contributed by atoms with E-state index in [1.54, 1.807) is 19.2 Å². The van der Waals surface area contributed by atoms with Crippen molar-refractivity contribution >= 4 is 23.2 Å². The predicted molar refractivity (Wildman–Crippen MR) is 109 cm³/mol. The largest absolute Gasteiger partial charge is 0.573 e. The molecule has 8 nitrogen and oxygen atoms in total. The Bertz CT molecular complexity index is 1100. The number of ether oxygens (including phenoxy) is 2. The molecular formula is C20H20ClF3N4O4. The van der Waals surface area contributed by atoms with Gasteiger partial charge in [-0.3, -0.25) is 4.79 Å². The van der Waals surface area contributed by atoms with Crippen molar-refractivity contribution in [1.82, 2.24) is 19.9 Å². The van der Waals surface area contributed by atoms with Crippen molar-refractivity contribution in [3.8, 4) is 5.75 Å². The van der Waals surface area contributed by atoms with Crippen LogP contribution in [0, 0.1) is 6.92 Å². The quantitative estimate of drug-likeness (QED) is 0.465. The molecule has 172 valence electrons. The number of nitrogens with one attached hydrogen (secondary N) is 1. The van der Waals surface area contributed by atoms with Gasteiger partial charge in [-0.2, -0.15) is 5.10 Å². The van der Waals surface area contributed by atoms with Crippen LogP contribution in [0.5, 0.6) is 5.75 Å². The summed E-state index contributed by atoms with van der Waals surface area (Å²) in [5.41, 5.74) is 2.52. The monoisotopic (exact) mass is 472 g/mol. The average Bonchev–Trinajstić information content (AvgIpc) is 3.16. The van der Waals surface area contributed by atoms with Gasteiger partial charge >= 0.3 is 6.36 Å². The summed E-state index contributed by atoms with van der Waals surface area (Å²) in [6, 6.07) is 4.15. The Kier molecular flexibility index (Phi) is 7.54. The van der Waals surface area contributed by atoms with E-state index in [4.69, 9.17) is 21.4 Å². The van der Waals surface area contributed by atoms with Gasteiger partial charge in [0.25, 0.3) is 5.91 Å². The number of hydrogen-bond donors (Lipinski definition) is 2. The van der Waals surface area contributed by atoms with Crippen LogP contribution in [0.15, 0.2) is 30.6 Å². The third-order valence-electron chi connectivity index (χ3n) is 4.50. The molecule has 0 saturated carbocycles. The Balaban J connectivity index is 1.77. The fourth-order valence-electron chi connectivity index (χ4n) is 2.99. The molecule has 0 aliphatic heterocycles. The smallest absolute Gasteiger partial charge is 0.404 e. The summed E-state index contributed by atoms with van der Waals surface area (Å²) >= 11 is 5.80. The molecule has 3 aromatic rings. The molecule has 1 amide bonds. The van der Waals surface area contributed by atoms with Crippen molar-refractivity contribution in [2.45, 2.75) is 19.7 Å². The van der Waals surface area contributed by atoms with Gasteiger partial charge in [-0.05, 0) is 30.2 Å². The molecule has 2 N–H and O–H groups in total. The van der Waals surface area contributed by atoms with Crippen molar-refractivity contribution in [2.75, 3.05) is 26.4 Å². The lowest BCUT2D eigenvalue weighted by atomic mass is 10.0. The molecule has 2 aromatic heterocycles. The van der Waals surface area contributed by atoms with Crippen LogP contribution in [-0.2, 0) is 11.2 Å². The lowest BCUT2D eigenvalue weighted by Gasteiger charge is -2.13. The molecule has 12 heteroatoms. The Labute approximate surface area is 185 Å². The molecular weight excluding hydrogens is 453 g/mol. The highest BCUT2D eigenvalue weighted by molar-refractivity contribution is 6.32. The van der Waals surface area contributed by atoms with E-state index in [0.717, 1.165) is 0 Å². The minimum absolute atomic E-state index is 0.0970. The number of benzene rings is 1. The van der Waals surface area contributed by atoms with Crippen LogP contribution in [-0.4, -0.2) is 58.3 Å². The number of fused-ring (bicyclic) bond motifs is 1. The van der Waals surface area contributed by atoms with Crippen LogP contribution in [0.4, 0.5) is 13.2 Å². The summed E-state index contributed by atoms with van der Waals surface area (Å²) in [5, 5.41) is 15.4. The third kappa shape index (κ3) is 5.87. The molecule has 0 spiro atoms. The van der Waals surface area contributed by atoms with Gasteiger partial charge in [-0.15, -0.1) is 13.2 Å². The first-order valence-electron chi connectivity index (χ1n) is 9.53. The van der Waals surface area contributed by atoms with E-state index in [1.165, 1.54) is 22.8 Å². The summed E-state index contributed by atoms with van der Waals surface area (Å²) in [7, 11) is 0. The Morgan fingerprint density at radius 1 is 1.28 bits per heavy atom. The summed E-state index contributed by atoms with van der Waals surface area (Å²) in [6.45, 7) is 2.37. The summed E-state index contributed by atoms with van der Waals surface area (Å²) in [6.07, 6.45) is -1.66. The van der Waals surface area contributed by atoms with E-state index < -0.39 is 12.1 Å². The van der Waals surface area contributed by atoms with E-state index in [9.17, 15) is 18.0 Å². The number of alkyl halides is 3. The molecule has 3 rings (SSSR count). The SMILES string of the molecule is Cc1c(Cc2ccc(Cl)c(OC(F)(F)F)c2)cnc2c(C(=O)NCCOCCO)cnn12. The standard InChI is InChI=1S/C20H20ClF3N4O4/c1-12-14(8-13-2-3-16(21)17(9-13)32-20(22,23)24)10-26-18-15(11-27-28(12)18)19(30)25-4-6-31-7-5-29/h2-3,9-11,29H,4-8H2,1H3,(H,25,30). The molecule has 0 unspecified atom stereocenters. The number of aromatic nitrogens is 3. The number of halogens is 4. The van der Waals surface area contributed by atoms with Gasteiger partial charge in [0.15, 0.2) is 5.65 Å². The van der Waals surface area contributed by atoms with Crippen molar-refractivity contribution in [2.24, 2.45) is 0 Å². The van der Waals surface area contributed by atoms with Crippen LogP contribution in [0.3, 0.4) is 0 Å². The second kappa shape index (κ2) is 10.2. The maximum absolute atomic E-state index is 12.6. The molecule has 32 heavy (non-hydrogen) atoms. The maximum Gasteiger partial charge on any atom is 0.573 e. The summed E-state index contributed by atoms with van der Waals surface area (Å²) in [4.78, 5) is 16.7. The van der Waals surface area contributed by atoms with E-state index in [-0.39, 0.29) is 49.3 Å². The summed E-state index contributed by atoms with van der Waals surface area (Å²) in [5.74, 6) is -0.858. The Hall–Kier alpha value is -2.89. The molecule has 0 aliphatic carbocycles. The Morgan fingerprint density at radius 2 is 2.06 bits per heavy atom. The number of carbonyl (C=O) groups is 1. The van der Waals surface area contributed by atoms with Crippen LogP contribution < -0.4 is 10.1 Å². The van der Waals surface area contributed by atoms with E-state index in [1.807, 2.05) is 0 Å². The molecule has 0 fully saturated rings. The van der Waals surface area contributed by atoms with Crippen LogP contribution in [0.25, 0.3) is 5.65 Å². The van der Waals surface area contributed by atoms with Gasteiger partial charge in [0, 0.05) is 24.9 Å². The van der Waals surface area contributed by atoms with Gasteiger partial charge in [-0.25, -0.2) is 9.50 Å². The zero-order valence-corrected chi connectivity index (χ0v) is 17.7. The molecule has 0 radical (unpaired) electrons. The second-order valence-electron chi connectivity index (χ2n) is 6.74. The van der Waals surface area contributed by atoms with Crippen LogP contribution in [0.2, 0.25) is 5.02 Å². The fourth-order valence-corrected chi connectivity index (χ4v) is 3.15. The fraction of sp³-hybridized carbons (Fsp3) is 0.350. The number of rotatable bonds is 9. The van der Waals surface area contributed by atoms with Crippen LogP contribution >= 0.6 is 11.6 Å². The second-order valence-corrected chi connectivity index (χ2v) is 7.15. The molecule has 1 aromatic carbocycles. The first-order valence-corrected chi connectivity index (χ1v) is 9.90. The maximum atomic E-state index is 12.6. The van der Waals surface area contributed by atoms with E-state index in [0.29, 0.717) is 22.5 Å². The highest BCUT2D eigenvalue weighted by Gasteiger charge is 2.32. The molecule has 0 atom stereocenters. The van der Waals surface area contributed by atoms with Gasteiger partial charge in [0.05, 0.1) is 31.0 Å². The topological polar surface area (TPSA) is 98.0 Å². The molecule has 0 bridgehead atoms. The highest BCUT2D eigenvalue weighted by Crippen LogP contribution is 2.31. The first-order chi connectivity index (χ1) is 15.2. The minimum atomic E-state index is -4.85. The number of amides is 1.